The van der Waals surface area contributed by atoms with Gasteiger partial charge in [0.25, 0.3) is 0 Å². The van der Waals surface area contributed by atoms with Gasteiger partial charge in [-0.1, -0.05) is 146 Å². The topological polar surface area (TPSA) is 16.4 Å². The average molecular weight is 692 g/mol. The van der Waals surface area contributed by atoms with Crippen molar-refractivity contribution in [2.24, 2.45) is 0 Å². The van der Waals surface area contributed by atoms with Crippen LogP contribution in [0.5, 0.6) is 0 Å². The van der Waals surface area contributed by atoms with Crippen LogP contribution in [0.4, 0.5) is 17.1 Å². The molecule has 0 amide bonds. The number of allylic oxidation sites excluding steroid dienone is 1. The SMILES string of the molecule is C1=Cc2c(oc3cc(-c4ccc(N(c5ccc(-c6ccccc6)cc5)c5ccc(-c6ccccc6)cc5)cc4)c(-c4ccc5ccccc5c4)cc23)CC1. The third-order valence-corrected chi connectivity index (χ3v) is 10.7. The highest BCUT2D eigenvalue weighted by atomic mass is 16.3. The summed E-state index contributed by atoms with van der Waals surface area (Å²) in [6, 6.07) is 67.9. The van der Waals surface area contributed by atoms with Crippen LogP contribution in [0.25, 0.3) is 72.3 Å². The Labute approximate surface area is 315 Å². The lowest BCUT2D eigenvalue weighted by atomic mass is 9.90. The van der Waals surface area contributed by atoms with Gasteiger partial charge in [-0.25, -0.2) is 0 Å². The van der Waals surface area contributed by atoms with Gasteiger partial charge in [-0.3, -0.25) is 0 Å². The molecule has 0 N–H and O–H groups in total. The molecule has 0 atom stereocenters. The Bertz CT molecular complexity index is 2690. The summed E-state index contributed by atoms with van der Waals surface area (Å²) in [6.45, 7) is 0. The van der Waals surface area contributed by atoms with Gasteiger partial charge >= 0.3 is 0 Å². The number of fused-ring (bicyclic) bond motifs is 4. The fourth-order valence-corrected chi connectivity index (χ4v) is 7.94. The third-order valence-electron chi connectivity index (χ3n) is 10.7. The van der Waals surface area contributed by atoms with E-state index in [9.17, 15) is 0 Å². The number of hydrogen-bond acceptors (Lipinski definition) is 2. The van der Waals surface area contributed by atoms with Crippen LogP contribution in [0.1, 0.15) is 17.7 Å². The van der Waals surface area contributed by atoms with Crippen LogP contribution in [0.3, 0.4) is 0 Å². The van der Waals surface area contributed by atoms with Crippen molar-refractivity contribution in [2.45, 2.75) is 12.8 Å². The quantitative estimate of drug-likeness (QED) is 0.165. The van der Waals surface area contributed by atoms with Crippen molar-refractivity contribution in [3.63, 3.8) is 0 Å². The molecule has 1 aliphatic rings. The monoisotopic (exact) mass is 691 g/mol. The fourth-order valence-electron chi connectivity index (χ4n) is 7.94. The Morgan fingerprint density at radius 1 is 0.407 bits per heavy atom. The summed E-state index contributed by atoms with van der Waals surface area (Å²) < 4.78 is 6.52. The zero-order valence-corrected chi connectivity index (χ0v) is 29.8. The van der Waals surface area contributed by atoms with E-state index in [4.69, 9.17) is 4.42 Å². The van der Waals surface area contributed by atoms with E-state index in [1.54, 1.807) is 0 Å². The third kappa shape index (κ3) is 5.88. The molecule has 0 fully saturated rings. The molecule has 0 spiro atoms. The molecule has 0 unspecified atom stereocenters. The lowest BCUT2D eigenvalue weighted by molar-refractivity contribution is 0.546. The lowest BCUT2D eigenvalue weighted by Crippen LogP contribution is -2.09. The highest BCUT2D eigenvalue weighted by Gasteiger charge is 2.20. The van der Waals surface area contributed by atoms with E-state index in [1.807, 2.05) is 0 Å². The normalized spacial score (nSPS) is 12.2. The van der Waals surface area contributed by atoms with Gasteiger partial charge in [0.2, 0.25) is 0 Å². The molecule has 9 aromatic rings. The molecule has 1 heterocycles. The summed E-state index contributed by atoms with van der Waals surface area (Å²) in [5.41, 5.74) is 15.0. The first-order valence-corrected chi connectivity index (χ1v) is 18.7. The minimum absolute atomic E-state index is 0.935. The molecule has 0 aliphatic heterocycles. The first kappa shape index (κ1) is 31.8. The van der Waals surface area contributed by atoms with Crippen molar-refractivity contribution in [3.8, 4) is 44.5 Å². The van der Waals surface area contributed by atoms with E-state index in [-0.39, 0.29) is 0 Å². The van der Waals surface area contributed by atoms with Gasteiger partial charge < -0.3 is 9.32 Å². The van der Waals surface area contributed by atoms with E-state index in [0.29, 0.717) is 0 Å². The summed E-state index contributed by atoms with van der Waals surface area (Å²) in [4.78, 5) is 2.34. The van der Waals surface area contributed by atoms with Gasteiger partial charge in [-0.15, -0.1) is 0 Å². The minimum Gasteiger partial charge on any atom is -0.460 e. The predicted molar refractivity (Wildman–Crippen MR) is 228 cm³/mol. The molecule has 1 aromatic heterocycles. The number of nitrogens with zero attached hydrogens (tertiary/aromatic N) is 1. The maximum Gasteiger partial charge on any atom is 0.135 e. The summed E-state index contributed by atoms with van der Waals surface area (Å²) in [6.07, 6.45) is 6.44. The highest BCUT2D eigenvalue weighted by molar-refractivity contribution is 6.00. The molecule has 0 saturated heterocycles. The van der Waals surface area contributed by atoms with Crippen molar-refractivity contribution in [3.05, 3.63) is 205 Å². The van der Waals surface area contributed by atoms with Crippen molar-refractivity contribution < 1.29 is 4.42 Å². The number of aryl methyl sites for hydroxylation is 1. The summed E-state index contributed by atoms with van der Waals surface area (Å²) >= 11 is 0. The van der Waals surface area contributed by atoms with Crippen LogP contribution < -0.4 is 4.90 Å². The van der Waals surface area contributed by atoms with Gasteiger partial charge in [0.05, 0.1) is 0 Å². The van der Waals surface area contributed by atoms with Gasteiger partial charge in [0, 0.05) is 34.4 Å². The largest absolute Gasteiger partial charge is 0.460 e. The summed E-state index contributed by atoms with van der Waals surface area (Å²) in [5, 5.41) is 3.65. The predicted octanol–water partition coefficient (Wildman–Crippen LogP) is 14.7. The zero-order valence-electron chi connectivity index (χ0n) is 29.8. The molecule has 0 bridgehead atoms. The second-order valence-corrected chi connectivity index (χ2v) is 14.0. The number of rotatable bonds is 7. The van der Waals surface area contributed by atoms with Crippen LogP contribution in [0, 0.1) is 0 Å². The number of anilines is 3. The fraction of sp³-hybridized carbons (Fsp3) is 0.0385. The van der Waals surface area contributed by atoms with E-state index in [2.05, 4.69) is 205 Å². The summed E-state index contributed by atoms with van der Waals surface area (Å²) in [7, 11) is 0. The van der Waals surface area contributed by atoms with Crippen LogP contribution in [-0.4, -0.2) is 0 Å². The Kier molecular flexibility index (Phi) is 8.00. The van der Waals surface area contributed by atoms with Crippen LogP contribution in [0.2, 0.25) is 0 Å². The molecule has 256 valence electrons. The molecule has 2 nitrogen and oxygen atoms in total. The molecule has 0 radical (unpaired) electrons. The van der Waals surface area contributed by atoms with E-state index < -0.39 is 0 Å². The minimum atomic E-state index is 0.935. The number of furan rings is 1. The Morgan fingerprint density at radius 3 is 1.52 bits per heavy atom. The molecule has 8 aromatic carbocycles. The van der Waals surface area contributed by atoms with Crippen molar-refractivity contribution in [2.75, 3.05) is 4.90 Å². The first-order chi connectivity index (χ1) is 26.7. The van der Waals surface area contributed by atoms with E-state index in [1.165, 1.54) is 55.1 Å². The first-order valence-electron chi connectivity index (χ1n) is 18.7. The average Bonchev–Trinajstić information content (AvgIpc) is 3.62. The van der Waals surface area contributed by atoms with Gasteiger partial charge in [0.1, 0.15) is 11.3 Å². The van der Waals surface area contributed by atoms with Crippen molar-refractivity contribution in [1.29, 1.82) is 0 Å². The van der Waals surface area contributed by atoms with E-state index >= 15 is 0 Å². The number of hydrogen-bond donors (Lipinski definition) is 0. The van der Waals surface area contributed by atoms with Gasteiger partial charge in [-0.05, 0) is 116 Å². The molecule has 10 rings (SSSR count). The van der Waals surface area contributed by atoms with Crippen LogP contribution >= 0.6 is 0 Å². The highest BCUT2D eigenvalue weighted by Crippen LogP contribution is 2.43. The smallest absolute Gasteiger partial charge is 0.135 e. The van der Waals surface area contributed by atoms with Gasteiger partial charge in [-0.2, -0.15) is 0 Å². The second-order valence-electron chi connectivity index (χ2n) is 14.0. The van der Waals surface area contributed by atoms with E-state index in [0.717, 1.165) is 52.4 Å². The van der Waals surface area contributed by atoms with Crippen molar-refractivity contribution in [1.82, 2.24) is 0 Å². The molecule has 1 aliphatic carbocycles. The molecule has 2 heteroatoms. The Hall–Kier alpha value is -6.90. The second kappa shape index (κ2) is 13.6. The number of benzene rings is 8. The zero-order chi connectivity index (χ0) is 35.8. The standard InChI is InChI=1S/C52H37NO/c1-3-11-36(12-4-1)39-21-27-44(28-22-39)53(45-29-23-40(24-30-45)37-13-5-2-6-14-37)46-31-25-41(26-32-46)49-35-52-50(47-17-9-10-18-51(47)54-52)34-48(49)43-20-19-38-15-7-8-16-42(38)33-43/h1-9,11-17,19-35H,10,18H2. The molecular formula is C52H37NO. The van der Waals surface area contributed by atoms with Crippen LogP contribution in [0.15, 0.2) is 199 Å². The van der Waals surface area contributed by atoms with Crippen LogP contribution in [-0.2, 0) is 6.42 Å². The Balaban J connectivity index is 1.08. The Morgan fingerprint density at radius 2 is 0.907 bits per heavy atom. The lowest BCUT2D eigenvalue weighted by Gasteiger charge is -2.26. The molecular weight excluding hydrogens is 655 g/mol. The maximum atomic E-state index is 6.52. The van der Waals surface area contributed by atoms with Crippen molar-refractivity contribution >= 4 is 44.9 Å². The molecule has 54 heavy (non-hydrogen) atoms. The maximum absolute atomic E-state index is 6.52. The molecule has 0 saturated carbocycles. The summed E-state index contributed by atoms with van der Waals surface area (Å²) in [5.74, 6) is 1.08. The van der Waals surface area contributed by atoms with Gasteiger partial charge in [0.15, 0.2) is 0 Å².